The molecule has 0 bridgehead atoms. The maximum atomic E-state index is 11.8. The molecule has 0 spiro atoms. The van der Waals surface area contributed by atoms with E-state index in [1.165, 1.54) is 24.8 Å². The fraction of sp³-hybridized carbons (Fsp3) is 0.444. The molecule has 0 aromatic heterocycles. The highest BCUT2D eigenvalue weighted by Crippen LogP contribution is 2.20. The van der Waals surface area contributed by atoms with E-state index in [0.717, 1.165) is 30.7 Å². The van der Waals surface area contributed by atoms with Gasteiger partial charge in [0.2, 0.25) is 0 Å². The van der Waals surface area contributed by atoms with Crippen LogP contribution in [0.4, 0.5) is 5.69 Å². The van der Waals surface area contributed by atoms with Gasteiger partial charge in [0, 0.05) is 5.69 Å². The number of carbonyl (C=O) groups is 1. The number of amides is 1. The first-order valence-electron chi connectivity index (χ1n) is 8.13. The van der Waals surface area contributed by atoms with E-state index in [9.17, 15) is 4.79 Å². The van der Waals surface area contributed by atoms with Crippen molar-refractivity contribution in [1.82, 2.24) is 5.43 Å². The van der Waals surface area contributed by atoms with Crippen LogP contribution in [0.25, 0.3) is 0 Å². The predicted molar refractivity (Wildman–Crippen MR) is 92.0 cm³/mol. The Balaban J connectivity index is 1.75. The van der Waals surface area contributed by atoms with Gasteiger partial charge < -0.3 is 5.32 Å². The number of unbranched alkanes of at least 4 members (excludes halogenated alkanes) is 2. The number of anilines is 1. The number of hydrogen-bond donors (Lipinski definition) is 2. The Bertz CT molecular complexity index is 535. The summed E-state index contributed by atoms with van der Waals surface area (Å²) in [6, 6.07) is 9.69. The summed E-state index contributed by atoms with van der Waals surface area (Å²) in [6.07, 6.45) is 8.98. The first-order chi connectivity index (χ1) is 10.8. The minimum atomic E-state index is -0.115. The zero-order valence-corrected chi connectivity index (χ0v) is 13.3. The van der Waals surface area contributed by atoms with E-state index in [0.29, 0.717) is 0 Å². The highest BCUT2D eigenvalue weighted by Gasteiger charge is 2.13. The molecule has 0 saturated carbocycles. The molecule has 2 N–H and O–H groups in total. The van der Waals surface area contributed by atoms with E-state index in [1.807, 2.05) is 30.3 Å². The largest absolute Gasteiger partial charge is 0.376 e. The third-order valence-corrected chi connectivity index (χ3v) is 3.73. The molecular weight excluding hydrogens is 274 g/mol. The SMILES string of the molecule is CCCCCC1=CCC/C1=N\NC(=O)CNc1ccccc1. The molecule has 1 aromatic carbocycles. The summed E-state index contributed by atoms with van der Waals surface area (Å²) in [5, 5.41) is 7.38. The molecular formula is C18H25N3O. The minimum Gasteiger partial charge on any atom is -0.376 e. The maximum absolute atomic E-state index is 11.8. The molecule has 0 saturated heterocycles. The van der Waals surface area contributed by atoms with Crippen LogP contribution in [0.3, 0.4) is 0 Å². The monoisotopic (exact) mass is 299 g/mol. The molecule has 1 aliphatic carbocycles. The van der Waals surface area contributed by atoms with E-state index in [4.69, 9.17) is 0 Å². The van der Waals surface area contributed by atoms with Crippen LogP contribution in [0, 0.1) is 0 Å². The van der Waals surface area contributed by atoms with E-state index in [2.05, 4.69) is 28.8 Å². The Hall–Kier alpha value is -2.10. The fourth-order valence-electron chi connectivity index (χ4n) is 2.51. The number of nitrogens with zero attached hydrogens (tertiary/aromatic N) is 1. The third-order valence-electron chi connectivity index (χ3n) is 3.73. The van der Waals surface area contributed by atoms with Crippen LogP contribution in [0.2, 0.25) is 0 Å². The number of allylic oxidation sites excluding steroid dienone is 2. The van der Waals surface area contributed by atoms with Crippen molar-refractivity contribution >= 4 is 17.3 Å². The van der Waals surface area contributed by atoms with Gasteiger partial charge in [-0.15, -0.1) is 0 Å². The number of hydrogen-bond acceptors (Lipinski definition) is 3. The van der Waals surface area contributed by atoms with Crippen LogP contribution in [-0.2, 0) is 4.79 Å². The summed E-state index contributed by atoms with van der Waals surface area (Å²) in [6.45, 7) is 2.44. The molecule has 1 amide bonds. The van der Waals surface area contributed by atoms with Gasteiger partial charge in [-0.3, -0.25) is 4.79 Å². The smallest absolute Gasteiger partial charge is 0.259 e. The van der Waals surface area contributed by atoms with Crippen molar-refractivity contribution in [3.05, 3.63) is 42.0 Å². The van der Waals surface area contributed by atoms with Gasteiger partial charge in [0.1, 0.15) is 0 Å². The quantitative estimate of drug-likeness (QED) is 0.565. The zero-order valence-electron chi connectivity index (χ0n) is 13.3. The molecule has 0 heterocycles. The van der Waals surface area contributed by atoms with E-state index in [1.54, 1.807) is 0 Å². The highest BCUT2D eigenvalue weighted by atomic mass is 16.2. The van der Waals surface area contributed by atoms with E-state index < -0.39 is 0 Å². The van der Waals surface area contributed by atoms with Crippen molar-refractivity contribution < 1.29 is 4.79 Å². The standard InChI is InChI=1S/C18H25N3O/c1-2-3-5-9-15-10-8-13-17(15)20-21-18(22)14-19-16-11-6-4-7-12-16/h4,6-7,10-12,19H,2-3,5,8-9,13-14H2,1H3,(H,21,22)/b20-17+. The van der Waals surface area contributed by atoms with Gasteiger partial charge in [-0.1, -0.05) is 44.0 Å². The third kappa shape index (κ3) is 5.35. The van der Waals surface area contributed by atoms with Crippen molar-refractivity contribution in [2.75, 3.05) is 11.9 Å². The summed E-state index contributed by atoms with van der Waals surface area (Å²) < 4.78 is 0. The number of nitrogens with one attached hydrogen (secondary N) is 2. The lowest BCUT2D eigenvalue weighted by atomic mass is 10.1. The van der Waals surface area contributed by atoms with Crippen LogP contribution in [0.1, 0.15) is 45.4 Å². The van der Waals surface area contributed by atoms with Crippen molar-refractivity contribution in [3.63, 3.8) is 0 Å². The van der Waals surface area contributed by atoms with Crippen LogP contribution in [-0.4, -0.2) is 18.2 Å². The van der Waals surface area contributed by atoms with Gasteiger partial charge in [0.15, 0.2) is 0 Å². The summed E-state index contributed by atoms with van der Waals surface area (Å²) in [7, 11) is 0. The van der Waals surface area contributed by atoms with Crippen LogP contribution >= 0.6 is 0 Å². The number of para-hydroxylation sites is 1. The van der Waals surface area contributed by atoms with Gasteiger partial charge in [-0.05, 0) is 43.4 Å². The van der Waals surface area contributed by atoms with E-state index in [-0.39, 0.29) is 12.5 Å². The molecule has 0 radical (unpaired) electrons. The van der Waals surface area contributed by atoms with Crippen molar-refractivity contribution in [2.24, 2.45) is 5.10 Å². The number of hydrazone groups is 1. The van der Waals surface area contributed by atoms with Crippen LogP contribution < -0.4 is 10.7 Å². The molecule has 2 rings (SSSR count). The minimum absolute atomic E-state index is 0.115. The highest BCUT2D eigenvalue weighted by molar-refractivity contribution is 6.02. The van der Waals surface area contributed by atoms with Crippen LogP contribution in [0.15, 0.2) is 47.1 Å². The van der Waals surface area contributed by atoms with Gasteiger partial charge in [0.05, 0.1) is 12.3 Å². The molecule has 0 unspecified atom stereocenters. The Morgan fingerprint density at radius 2 is 2.05 bits per heavy atom. The number of benzene rings is 1. The molecule has 118 valence electrons. The zero-order chi connectivity index (χ0) is 15.6. The summed E-state index contributed by atoms with van der Waals surface area (Å²) in [4.78, 5) is 11.8. The Kier molecular flexibility index (Phi) is 6.68. The lowest BCUT2D eigenvalue weighted by Gasteiger charge is -2.07. The second kappa shape index (κ2) is 9.03. The van der Waals surface area contributed by atoms with Crippen molar-refractivity contribution in [2.45, 2.75) is 45.4 Å². The Morgan fingerprint density at radius 3 is 2.82 bits per heavy atom. The molecule has 4 heteroatoms. The molecule has 0 fully saturated rings. The second-order valence-corrected chi connectivity index (χ2v) is 5.54. The summed E-state index contributed by atoms with van der Waals surface area (Å²) in [5.74, 6) is -0.115. The predicted octanol–water partition coefficient (Wildman–Crippen LogP) is 3.87. The first kappa shape index (κ1) is 16.3. The fourth-order valence-corrected chi connectivity index (χ4v) is 2.51. The van der Waals surface area contributed by atoms with Crippen molar-refractivity contribution in [3.8, 4) is 0 Å². The molecule has 1 aliphatic rings. The summed E-state index contributed by atoms with van der Waals surface area (Å²) >= 11 is 0. The topological polar surface area (TPSA) is 53.5 Å². The average molecular weight is 299 g/mol. The Morgan fingerprint density at radius 1 is 1.23 bits per heavy atom. The average Bonchev–Trinajstić information content (AvgIpc) is 3.00. The maximum Gasteiger partial charge on any atom is 0.259 e. The van der Waals surface area contributed by atoms with Gasteiger partial charge in [-0.2, -0.15) is 5.10 Å². The second-order valence-electron chi connectivity index (χ2n) is 5.54. The first-order valence-corrected chi connectivity index (χ1v) is 8.13. The normalized spacial score (nSPS) is 15.7. The van der Waals surface area contributed by atoms with E-state index >= 15 is 0 Å². The number of carbonyl (C=O) groups excluding carboxylic acids is 1. The molecule has 0 atom stereocenters. The molecule has 1 aromatic rings. The van der Waals surface area contributed by atoms with Gasteiger partial charge >= 0.3 is 0 Å². The summed E-state index contributed by atoms with van der Waals surface area (Å²) in [5.41, 5.74) is 5.95. The Labute approximate surface area is 132 Å². The molecule has 22 heavy (non-hydrogen) atoms. The number of rotatable bonds is 8. The lowest BCUT2D eigenvalue weighted by Crippen LogP contribution is -2.27. The molecule has 0 aliphatic heterocycles. The van der Waals surface area contributed by atoms with Gasteiger partial charge in [0.25, 0.3) is 5.91 Å². The molecule has 4 nitrogen and oxygen atoms in total. The van der Waals surface area contributed by atoms with Crippen molar-refractivity contribution in [1.29, 1.82) is 0 Å². The van der Waals surface area contributed by atoms with Crippen LogP contribution in [0.5, 0.6) is 0 Å². The lowest BCUT2D eigenvalue weighted by molar-refractivity contribution is -0.119. The van der Waals surface area contributed by atoms with Gasteiger partial charge in [-0.25, -0.2) is 5.43 Å².